The van der Waals surface area contributed by atoms with Gasteiger partial charge in [-0.05, 0) is 36.1 Å². The largest absolute Gasteiger partial charge is 0.495 e. The van der Waals surface area contributed by atoms with E-state index >= 15 is 0 Å². The van der Waals surface area contributed by atoms with Crippen LogP contribution in [0.1, 0.15) is 47.2 Å². The van der Waals surface area contributed by atoms with E-state index < -0.39 is 0 Å². The van der Waals surface area contributed by atoms with Gasteiger partial charge < -0.3 is 4.74 Å². The first-order valence-corrected chi connectivity index (χ1v) is 9.68. The predicted octanol–water partition coefficient (Wildman–Crippen LogP) is 5.02. The molecule has 1 N–H and O–H groups in total. The van der Waals surface area contributed by atoms with Crippen LogP contribution in [-0.2, 0) is 6.42 Å². The Hall–Kier alpha value is -2.79. The molecule has 0 fully saturated rings. The Kier molecular flexibility index (Phi) is 4.85. The van der Waals surface area contributed by atoms with Crippen molar-refractivity contribution >= 4 is 23.2 Å². The molecule has 0 radical (unpaired) electrons. The lowest BCUT2D eigenvalue weighted by Gasteiger charge is -2.28. The Morgan fingerprint density at radius 1 is 1.18 bits per heavy atom. The first-order valence-electron chi connectivity index (χ1n) is 9.31. The zero-order valence-electron chi connectivity index (χ0n) is 16.1. The fraction of sp³-hybridized carbons (Fsp3) is 0.273. The molecule has 1 aromatic heterocycles. The third-order valence-corrected chi connectivity index (χ3v) is 5.34. The number of benzene rings is 2. The Morgan fingerprint density at radius 3 is 2.61 bits per heavy atom. The van der Waals surface area contributed by atoms with Gasteiger partial charge in [0.1, 0.15) is 11.4 Å². The van der Waals surface area contributed by atoms with Gasteiger partial charge in [0.05, 0.1) is 24.5 Å². The zero-order chi connectivity index (χ0) is 19.8. The second-order valence-corrected chi connectivity index (χ2v) is 7.74. The number of ether oxygens (including phenoxy) is 1. The van der Waals surface area contributed by atoms with E-state index in [0.717, 1.165) is 23.2 Å². The minimum atomic E-state index is -0.361. The molecule has 6 heteroatoms. The summed E-state index contributed by atoms with van der Waals surface area (Å²) < 4.78 is 5.54. The molecule has 1 aliphatic rings. The van der Waals surface area contributed by atoms with E-state index in [9.17, 15) is 4.79 Å². The highest BCUT2D eigenvalue weighted by molar-refractivity contribution is 6.31. The van der Waals surface area contributed by atoms with E-state index in [2.05, 4.69) is 24.0 Å². The predicted molar refractivity (Wildman–Crippen MR) is 110 cm³/mol. The van der Waals surface area contributed by atoms with Gasteiger partial charge in [-0.2, -0.15) is 5.10 Å². The summed E-state index contributed by atoms with van der Waals surface area (Å²) in [4.78, 5) is 15.2. The number of carbonyl (C=O) groups excluding carboxylic acids is 1. The average Bonchev–Trinajstić information content (AvgIpc) is 3.21. The van der Waals surface area contributed by atoms with E-state index in [4.69, 9.17) is 16.3 Å². The molecule has 0 bridgehead atoms. The number of aromatic nitrogens is 2. The molecule has 1 aliphatic heterocycles. The summed E-state index contributed by atoms with van der Waals surface area (Å²) in [7, 11) is 1.61. The molecule has 2 aromatic carbocycles. The number of hydrogen-bond donors (Lipinski definition) is 1. The standard InChI is InChI=1S/C22H22ClN3O2/c1-13(2)12-16-19-20(25-24-16)22(27)26(17-10-6-7-11-18(17)28-3)21(19)14-8-4-5-9-15(14)23/h4-11,13,21H,12H2,1-3H3,(H,24,25). The van der Waals surface area contributed by atoms with Gasteiger partial charge in [0.25, 0.3) is 5.91 Å². The van der Waals surface area contributed by atoms with Gasteiger partial charge >= 0.3 is 0 Å². The lowest BCUT2D eigenvalue weighted by molar-refractivity contribution is 0.0988. The van der Waals surface area contributed by atoms with Crippen molar-refractivity contribution in [3.8, 4) is 5.75 Å². The van der Waals surface area contributed by atoms with Gasteiger partial charge in [-0.15, -0.1) is 0 Å². The molecule has 1 unspecified atom stereocenters. The highest BCUT2D eigenvalue weighted by atomic mass is 35.5. The summed E-state index contributed by atoms with van der Waals surface area (Å²) >= 11 is 6.57. The molecule has 1 atom stereocenters. The van der Waals surface area contributed by atoms with Crippen molar-refractivity contribution in [1.29, 1.82) is 0 Å². The summed E-state index contributed by atoms with van der Waals surface area (Å²) in [6, 6.07) is 14.8. The molecule has 0 aliphatic carbocycles. The highest BCUT2D eigenvalue weighted by Gasteiger charge is 2.44. The molecule has 28 heavy (non-hydrogen) atoms. The maximum Gasteiger partial charge on any atom is 0.277 e. The Labute approximate surface area is 169 Å². The Morgan fingerprint density at radius 2 is 1.89 bits per heavy atom. The van der Waals surface area contributed by atoms with Crippen molar-refractivity contribution in [1.82, 2.24) is 10.2 Å². The Bertz CT molecular complexity index is 1030. The first kappa shape index (κ1) is 18.6. The van der Waals surface area contributed by atoms with E-state index in [1.807, 2.05) is 48.5 Å². The van der Waals surface area contributed by atoms with Crippen LogP contribution in [-0.4, -0.2) is 23.2 Å². The second-order valence-electron chi connectivity index (χ2n) is 7.33. The molecule has 0 saturated carbocycles. The number of halogens is 1. The van der Waals surface area contributed by atoms with Gasteiger partial charge in [-0.25, -0.2) is 0 Å². The van der Waals surface area contributed by atoms with Crippen LogP contribution in [0.15, 0.2) is 48.5 Å². The second kappa shape index (κ2) is 7.32. The topological polar surface area (TPSA) is 58.2 Å². The van der Waals surface area contributed by atoms with Crippen molar-refractivity contribution in [2.45, 2.75) is 26.3 Å². The van der Waals surface area contributed by atoms with Crippen molar-refractivity contribution in [3.05, 3.63) is 76.1 Å². The molecule has 2 heterocycles. The van der Waals surface area contributed by atoms with Crippen LogP contribution in [0.25, 0.3) is 0 Å². The number of para-hydroxylation sites is 2. The van der Waals surface area contributed by atoms with Crippen LogP contribution in [0.5, 0.6) is 5.75 Å². The number of nitrogens with zero attached hydrogens (tertiary/aromatic N) is 2. The van der Waals surface area contributed by atoms with Crippen molar-refractivity contribution in [2.75, 3.05) is 12.0 Å². The molecule has 4 rings (SSSR count). The number of rotatable bonds is 5. The summed E-state index contributed by atoms with van der Waals surface area (Å²) in [6.45, 7) is 4.28. The van der Waals surface area contributed by atoms with Gasteiger partial charge in [0.15, 0.2) is 0 Å². The van der Waals surface area contributed by atoms with E-state index in [1.54, 1.807) is 12.0 Å². The van der Waals surface area contributed by atoms with Crippen LogP contribution in [0.3, 0.4) is 0 Å². The molecule has 5 nitrogen and oxygen atoms in total. The van der Waals surface area contributed by atoms with Crippen molar-refractivity contribution in [3.63, 3.8) is 0 Å². The molecular formula is C22H22ClN3O2. The summed E-state index contributed by atoms with van der Waals surface area (Å²) in [5, 5.41) is 8.05. The normalized spacial score (nSPS) is 16.0. The quantitative estimate of drug-likeness (QED) is 0.659. The zero-order valence-corrected chi connectivity index (χ0v) is 16.8. The lowest BCUT2D eigenvalue weighted by atomic mass is 9.95. The number of hydrogen-bond acceptors (Lipinski definition) is 3. The monoisotopic (exact) mass is 395 g/mol. The molecule has 1 amide bonds. The molecule has 3 aromatic rings. The van der Waals surface area contributed by atoms with Crippen molar-refractivity contribution < 1.29 is 9.53 Å². The number of aromatic amines is 1. The van der Waals surface area contributed by atoms with Crippen LogP contribution in [0.4, 0.5) is 5.69 Å². The summed E-state index contributed by atoms with van der Waals surface area (Å²) in [5.74, 6) is 0.915. The maximum atomic E-state index is 13.4. The minimum absolute atomic E-state index is 0.132. The number of anilines is 1. The number of H-pyrrole nitrogens is 1. The summed E-state index contributed by atoms with van der Waals surface area (Å²) in [5.41, 5.74) is 3.90. The third kappa shape index (κ3) is 2.96. The van der Waals surface area contributed by atoms with E-state index in [0.29, 0.717) is 28.1 Å². The highest BCUT2D eigenvalue weighted by Crippen LogP contribution is 2.46. The van der Waals surface area contributed by atoms with Gasteiger partial charge in [-0.3, -0.25) is 14.8 Å². The van der Waals surface area contributed by atoms with Crippen LogP contribution < -0.4 is 9.64 Å². The number of amides is 1. The maximum absolute atomic E-state index is 13.4. The summed E-state index contributed by atoms with van der Waals surface area (Å²) in [6.07, 6.45) is 0.778. The average molecular weight is 396 g/mol. The fourth-order valence-corrected chi connectivity index (χ4v) is 4.06. The van der Waals surface area contributed by atoms with Crippen molar-refractivity contribution in [2.24, 2.45) is 5.92 Å². The third-order valence-electron chi connectivity index (χ3n) is 4.99. The van der Waals surface area contributed by atoms with Gasteiger partial charge in [0.2, 0.25) is 0 Å². The smallest absolute Gasteiger partial charge is 0.277 e. The molecule has 144 valence electrons. The number of methoxy groups -OCH3 is 1. The molecule has 0 saturated heterocycles. The fourth-order valence-electron chi connectivity index (χ4n) is 3.82. The van der Waals surface area contributed by atoms with E-state index in [1.165, 1.54) is 0 Å². The van der Waals surface area contributed by atoms with Crippen LogP contribution in [0, 0.1) is 5.92 Å². The van der Waals surface area contributed by atoms with Gasteiger partial charge in [-0.1, -0.05) is 55.8 Å². The van der Waals surface area contributed by atoms with Crippen LogP contribution >= 0.6 is 11.6 Å². The lowest BCUT2D eigenvalue weighted by Crippen LogP contribution is -2.30. The molecular weight excluding hydrogens is 374 g/mol. The number of nitrogens with one attached hydrogen (secondary N) is 1. The SMILES string of the molecule is COc1ccccc1N1C(=O)c2[nH]nc(CC(C)C)c2C1c1ccccc1Cl. The van der Waals surface area contributed by atoms with Crippen LogP contribution in [0.2, 0.25) is 5.02 Å². The van der Waals surface area contributed by atoms with Gasteiger partial charge in [0, 0.05) is 10.6 Å². The molecule has 0 spiro atoms. The first-order chi connectivity index (χ1) is 13.5. The Balaban J connectivity index is 1.95. The number of fused-ring (bicyclic) bond motifs is 1. The number of carbonyl (C=O) groups is 1. The van der Waals surface area contributed by atoms with E-state index in [-0.39, 0.29) is 11.9 Å². The minimum Gasteiger partial charge on any atom is -0.495 e.